The Hall–Kier alpha value is -1.61. The first kappa shape index (κ1) is 10.9. The van der Waals surface area contributed by atoms with Gasteiger partial charge in [-0.25, -0.2) is 4.79 Å². The fourth-order valence-corrected chi connectivity index (χ4v) is 1.72. The topological polar surface area (TPSA) is 39.2 Å². The van der Waals surface area contributed by atoms with Crippen LogP contribution in [0.15, 0.2) is 30.5 Å². The average Bonchev–Trinajstić information content (AvgIpc) is 2.29. The molecule has 0 aliphatic carbocycles. The summed E-state index contributed by atoms with van der Waals surface area (Å²) in [6, 6.07) is 6.97. The maximum atomic E-state index is 11.7. The van der Waals surface area contributed by atoms with Crippen molar-refractivity contribution in [1.82, 2.24) is 4.98 Å². The van der Waals surface area contributed by atoms with Crippen molar-refractivity contribution >= 4 is 28.5 Å². The first-order chi connectivity index (χ1) is 7.74. The van der Waals surface area contributed by atoms with Crippen LogP contribution >= 0.6 is 11.6 Å². The predicted molar refractivity (Wildman–Crippen MR) is 62.7 cm³/mol. The normalized spacial score (nSPS) is 10.4. The molecule has 3 nitrogen and oxygen atoms in total. The van der Waals surface area contributed by atoms with Gasteiger partial charge in [0.15, 0.2) is 0 Å². The van der Waals surface area contributed by atoms with Crippen molar-refractivity contribution in [3.8, 4) is 0 Å². The quantitative estimate of drug-likeness (QED) is 0.751. The lowest BCUT2D eigenvalue weighted by atomic mass is 10.1. The van der Waals surface area contributed by atoms with E-state index >= 15 is 0 Å². The molecule has 0 amide bonds. The molecule has 0 N–H and O–H groups in total. The Morgan fingerprint density at radius 2 is 2.25 bits per heavy atom. The molecule has 1 aromatic heterocycles. The Balaban J connectivity index is 2.62. The number of esters is 1. The lowest BCUT2D eigenvalue weighted by Crippen LogP contribution is -2.05. The Morgan fingerprint density at radius 1 is 1.44 bits per heavy atom. The van der Waals surface area contributed by atoms with Crippen molar-refractivity contribution in [2.24, 2.45) is 0 Å². The number of halogens is 1. The highest BCUT2D eigenvalue weighted by Gasteiger charge is 2.12. The molecule has 2 aromatic rings. The van der Waals surface area contributed by atoms with Crippen LogP contribution in [0.5, 0.6) is 0 Å². The van der Waals surface area contributed by atoms with Crippen molar-refractivity contribution in [1.29, 1.82) is 0 Å². The second-order valence-corrected chi connectivity index (χ2v) is 3.62. The smallest absolute Gasteiger partial charge is 0.340 e. The number of pyridine rings is 1. The number of hydrogen-bond donors (Lipinski definition) is 0. The summed E-state index contributed by atoms with van der Waals surface area (Å²) in [4.78, 5) is 15.8. The second-order valence-electron chi connectivity index (χ2n) is 3.21. The number of hydrogen-bond acceptors (Lipinski definition) is 3. The zero-order chi connectivity index (χ0) is 11.5. The van der Waals surface area contributed by atoms with Gasteiger partial charge in [0.1, 0.15) is 0 Å². The fourth-order valence-electron chi connectivity index (χ4n) is 1.52. The largest absolute Gasteiger partial charge is 0.462 e. The molecule has 0 radical (unpaired) electrons. The summed E-state index contributed by atoms with van der Waals surface area (Å²) in [5.74, 6) is -0.372. The summed E-state index contributed by atoms with van der Waals surface area (Å²) >= 11 is 6.02. The number of ether oxygens (including phenoxy) is 1. The number of para-hydroxylation sites is 1. The van der Waals surface area contributed by atoms with Crippen molar-refractivity contribution in [2.75, 3.05) is 6.61 Å². The van der Waals surface area contributed by atoms with Gasteiger partial charge in [0.25, 0.3) is 0 Å². The van der Waals surface area contributed by atoms with E-state index in [0.717, 1.165) is 5.39 Å². The lowest BCUT2D eigenvalue weighted by molar-refractivity contribution is 0.0528. The lowest BCUT2D eigenvalue weighted by Gasteiger charge is -2.05. The highest BCUT2D eigenvalue weighted by atomic mass is 35.5. The van der Waals surface area contributed by atoms with Crippen molar-refractivity contribution < 1.29 is 9.53 Å². The van der Waals surface area contributed by atoms with Gasteiger partial charge in [-0.1, -0.05) is 23.7 Å². The standard InChI is InChI=1S/C12H10ClNO2/c1-2-16-12(15)9-5-3-4-8-10(13)6-7-14-11(8)9/h3-7H,2H2,1H3. The molecule has 0 spiro atoms. The number of rotatable bonds is 2. The maximum absolute atomic E-state index is 11.7. The zero-order valence-corrected chi connectivity index (χ0v) is 9.49. The van der Waals surface area contributed by atoms with Crippen LogP contribution in [0.4, 0.5) is 0 Å². The van der Waals surface area contributed by atoms with E-state index in [1.165, 1.54) is 0 Å². The molecule has 0 saturated carbocycles. The molecule has 1 aromatic carbocycles. The molecule has 0 aliphatic rings. The van der Waals surface area contributed by atoms with Gasteiger partial charge < -0.3 is 4.74 Å². The Bertz CT molecular complexity index is 540. The van der Waals surface area contributed by atoms with Crippen LogP contribution < -0.4 is 0 Å². The van der Waals surface area contributed by atoms with E-state index in [1.807, 2.05) is 6.07 Å². The number of carbonyl (C=O) groups is 1. The van der Waals surface area contributed by atoms with Gasteiger partial charge >= 0.3 is 5.97 Å². The number of nitrogens with zero attached hydrogens (tertiary/aromatic N) is 1. The number of benzene rings is 1. The third-order valence-corrected chi connectivity index (χ3v) is 2.54. The average molecular weight is 236 g/mol. The molecule has 0 unspecified atom stereocenters. The van der Waals surface area contributed by atoms with E-state index in [0.29, 0.717) is 22.7 Å². The summed E-state index contributed by atoms with van der Waals surface area (Å²) < 4.78 is 4.95. The molecule has 4 heteroatoms. The Morgan fingerprint density at radius 3 is 3.00 bits per heavy atom. The predicted octanol–water partition coefficient (Wildman–Crippen LogP) is 3.06. The highest BCUT2D eigenvalue weighted by Crippen LogP contribution is 2.24. The number of carbonyl (C=O) groups excluding carboxylic acids is 1. The summed E-state index contributed by atoms with van der Waals surface area (Å²) in [7, 11) is 0. The first-order valence-electron chi connectivity index (χ1n) is 4.94. The fraction of sp³-hybridized carbons (Fsp3) is 0.167. The van der Waals surface area contributed by atoms with Crippen LogP contribution in [-0.4, -0.2) is 17.6 Å². The number of fused-ring (bicyclic) bond motifs is 1. The van der Waals surface area contributed by atoms with Crippen molar-refractivity contribution in [2.45, 2.75) is 6.92 Å². The van der Waals surface area contributed by atoms with Gasteiger partial charge in [0, 0.05) is 11.6 Å². The summed E-state index contributed by atoms with van der Waals surface area (Å²) in [6.07, 6.45) is 1.58. The maximum Gasteiger partial charge on any atom is 0.340 e. The van der Waals surface area contributed by atoms with Crippen LogP contribution in [0.3, 0.4) is 0 Å². The van der Waals surface area contributed by atoms with E-state index < -0.39 is 0 Å². The molecule has 1 heterocycles. The molecule has 0 saturated heterocycles. The molecule has 0 aliphatic heterocycles. The Labute approximate surface area is 98.0 Å². The molecule has 16 heavy (non-hydrogen) atoms. The highest BCUT2D eigenvalue weighted by molar-refractivity contribution is 6.35. The van der Waals surface area contributed by atoms with E-state index in [2.05, 4.69) is 4.98 Å². The molecular weight excluding hydrogens is 226 g/mol. The van der Waals surface area contributed by atoms with Crippen LogP contribution in [-0.2, 0) is 4.74 Å². The summed E-state index contributed by atoms with van der Waals surface area (Å²) in [5.41, 5.74) is 1.02. The van der Waals surface area contributed by atoms with Gasteiger partial charge in [-0.05, 0) is 19.1 Å². The van der Waals surface area contributed by atoms with Gasteiger partial charge in [0.2, 0.25) is 0 Å². The number of aromatic nitrogens is 1. The third-order valence-electron chi connectivity index (χ3n) is 2.21. The molecule has 0 bridgehead atoms. The van der Waals surface area contributed by atoms with Crippen LogP contribution in [0.25, 0.3) is 10.9 Å². The first-order valence-corrected chi connectivity index (χ1v) is 5.32. The van der Waals surface area contributed by atoms with Gasteiger partial charge in [-0.2, -0.15) is 0 Å². The van der Waals surface area contributed by atoms with Crippen LogP contribution in [0.2, 0.25) is 5.02 Å². The van der Waals surface area contributed by atoms with Gasteiger partial charge in [-0.15, -0.1) is 0 Å². The minimum atomic E-state index is -0.372. The van der Waals surface area contributed by atoms with E-state index in [-0.39, 0.29) is 5.97 Å². The SMILES string of the molecule is CCOC(=O)c1cccc2c(Cl)ccnc12. The van der Waals surface area contributed by atoms with Gasteiger partial charge in [-0.3, -0.25) is 4.98 Å². The molecule has 82 valence electrons. The second kappa shape index (κ2) is 4.49. The van der Waals surface area contributed by atoms with E-state index in [4.69, 9.17) is 16.3 Å². The minimum Gasteiger partial charge on any atom is -0.462 e. The van der Waals surface area contributed by atoms with Crippen molar-refractivity contribution in [3.63, 3.8) is 0 Å². The van der Waals surface area contributed by atoms with Crippen molar-refractivity contribution in [3.05, 3.63) is 41.0 Å². The minimum absolute atomic E-state index is 0.343. The van der Waals surface area contributed by atoms with Crippen LogP contribution in [0.1, 0.15) is 17.3 Å². The molecule has 0 atom stereocenters. The Kier molecular flexibility index (Phi) is 3.06. The van der Waals surface area contributed by atoms with E-state index in [1.54, 1.807) is 31.3 Å². The summed E-state index contributed by atoms with van der Waals surface area (Å²) in [6.45, 7) is 2.11. The summed E-state index contributed by atoms with van der Waals surface area (Å²) in [5, 5.41) is 1.34. The zero-order valence-electron chi connectivity index (χ0n) is 8.74. The molecule has 2 rings (SSSR count). The van der Waals surface area contributed by atoms with Gasteiger partial charge in [0.05, 0.1) is 22.7 Å². The van der Waals surface area contributed by atoms with E-state index in [9.17, 15) is 4.79 Å². The molecule has 0 fully saturated rings. The molecular formula is C12H10ClNO2. The monoisotopic (exact) mass is 235 g/mol. The van der Waals surface area contributed by atoms with Crippen LogP contribution in [0, 0.1) is 0 Å². The third kappa shape index (κ3) is 1.86.